The van der Waals surface area contributed by atoms with Gasteiger partial charge in [-0.2, -0.15) is 13.2 Å². The molecular formula is C24H14Cl2F5N3O3. The monoisotopic (exact) mass is 557 g/mol. The molecule has 192 valence electrons. The Kier molecular flexibility index (Phi) is 5.85. The summed E-state index contributed by atoms with van der Waals surface area (Å²) in [5, 5.41) is 15.6. The van der Waals surface area contributed by atoms with Crippen molar-refractivity contribution < 1.29 is 36.6 Å². The fourth-order valence-electron chi connectivity index (χ4n) is 4.55. The number of rotatable bonds is 2. The van der Waals surface area contributed by atoms with Crippen molar-refractivity contribution in [2.75, 3.05) is 16.8 Å². The maximum Gasteiger partial charge on any atom is 0.423 e. The van der Waals surface area contributed by atoms with E-state index in [1.165, 1.54) is 18.2 Å². The molecule has 0 fully saturated rings. The van der Waals surface area contributed by atoms with Crippen LogP contribution in [0, 0.1) is 11.6 Å². The molecule has 37 heavy (non-hydrogen) atoms. The first-order valence-electron chi connectivity index (χ1n) is 10.6. The van der Waals surface area contributed by atoms with Crippen LogP contribution in [0.25, 0.3) is 0 Å². The SMILES string of the molecule is O=C1N[C@H](c2cc(F)ccc2Cl)c2c(NC(=O)N3C[C@](O)(C(F)(F)F)c4cc(F)ccc43)cc(Cl)cc21. The van der Waals surface area contributed by atoms with Gasteiger partial charge in [-0.05, 0) is 48.5 Å². The molecule has 3 aromatic carbocycles. The van der Waals surface area contributed by atoms with Crippen LogP contribution in [0.3, 0.4) is 0 Å². The number of anilines is 2. The van der Waals surface area contributed by atoms with E-state index in [4.69, 9.17) is 23.2 Å². The standard InChI is InChI=1S/C24H14Cl2F5N3O3/c25-10-5-14-19(20(33-21(14)35)13-7-11(27)1-3-16(13)26)17(6-10)32-22(36)34-9-23(37,24(29,30)31)15-8-12(28)2-4-18(15)34/h1-8,20,37H,9H2,(H,32,36)(H,33,35)/t20-,23-/m1/s1. The zero-order valence-corrected chi connectivity index (χ0v) is 19.8. The summed E-state index contributed by atoms with van der Waals surface area (Å²) < 4.78 is 69.1. The number of amides is 3. The van der Waals surface area contributed by atoms with Crippen LogP contribution in [0.5, 0.6) is 0 Å². The number of fused-ring (bicyclic) bond motifs is 2. The molecule has 5 rings (SSSR count). The Bertz CT molecular complexity index is 1480. The van der Waals surface area contributed by atoms with Gasteiger partial charge in [-0.15, -0.1) is 0 Å². The second kappa shape index (κ2) is 8.57. The molecule has 0 saturated carbocycles. The summed E-state index contributed by atoms with van der Waals surface area (Å²) in [6, 6.07) is 6.22. The molecule has 0 unspecified atom stereocenters. The summed E-state index contributed by atoms with van der Waals surface area (Å²) in [5.74, 6) is -2.28. The molecule has 0 radical (unpaired) electrons. The summed E-state index contributed by atoms with van der Waals surface area (Å²) in [6.07, 6.45) is -5.22. The topological polar surface area (TPSA) is 81.7 Å². The zero-order valence-electron chi connectivity index (χ0n) is 18.3. The minimum Gasteiger partial charge on any atom is -0.375 e. The van der Waals surface area contributed by atoms with Crippen LogP contribution in [0.4, 0.5) is 38.1 Å². The zero-order chi connectivity index (χ0) is 26.9. The lowest BCUT2D eigenvalue weighted by atomic mass is 9.95. The largest absolute Gasteiger partial charge is 0.423 e. The van der Waals surface area contributed by atoms with Gasteiger partial charge in [-0.3, -0.25) is 9.69 Å². The molecule has 0 aromatic heterocycles. The number of carbonyl (C=O) groups is 2. The first-order valence-corrected chi connectivity index (χ1v) is 11.3. The van der Waals surface area contributed by atoms with E-state index in [1.54, 1.807) is 0 Å². The van der Waals surface area contributed by atoms with Crippen molar-refractivity contribution in [2.45, 2.75) is 17.8 Å². The first kappa shape index (κ1) is 25.2. The van der Waals surface area contributed by atoms with Gasteiger partial charge in [-0.25, -0.2) is 13.6 Å². The number of nitrogens with one attached hydrogen (secondary N) is 2. The summed E-state index contributed by atoms with van der Waals surface area (Å²) in [7, 11) is 0. The Morgan fingerprint density at radius 1 is 1.08 bits per heavy atom. The quantitative estimate of drug-likeness (QED) is 0.343. The van der Waals surface area contributed by atoms with Gasteiger partial charge in [0.05, 0.1) is 24.0 Å². The van der Waals surface area contributed by atoms with E-state index in [1.807, 2.05) is 0 Å². The molecule has 3 N–H and O–H groups in total. The number of halogens is 7. The maximum atomic E-state index is 14.0. The molecule has 0 aliphatic carbocycles. The second-order valence-electron chi connectivity index (χ2n) is 8.52. The highest BCUT2D eigenvalue weighted by atomic mass is 35.5. The highest BCUT2D eigenvalue weighted by molar-refractivity contribution is 6.32. The molecule has 0 bridgehead atoms. The Balaban J connectivity index is 1.57. The minimum absolute atomic E-state index is 0.0193. The summed E-state index contributed by atoms with van der Waals surface area (Å²) in [5.41, 5.74) is -4.43. The van der Waals surface area contributed by atoms with E-state index < -0.39 is 53.5 Å². The van der Waals surface area contributed by atoms with Crippen LogP contribution in [0.15, 0.2) is 48.5 Å². The van der Waals surface area contributed by atoms with E-state index in [-0.39, 0.29) is 38.1 Å². The Morgan fingerprint density at radius 3 is 2.46 bits per heavy atom. The van der Waals surface area contributed by atoms with Crippen molar-refractivity contribution in [3.63, 3.8) is 0 Å². The van der Waals surface area contributed by atoms with Crippen LogP contribution in [-0.4, -0.2) is 29.8 Å². The van der Waals surface area contributed by atoms with Gasteiger partial charge in [0.15, 0.2) is 0 Å². The smallest absolute Gasteiger partial charge is 0.375 e. The van der Waals surface area contributed by atoms with Crippen molar-refractivity contribution >= 4 is 46.5 Å². The number of nitrogens with zero attached hydrogens (tertiary/aromatic N) is 1. The molecular weight excluding hydrogens is 544 g/mol. The highest BCUT2D eigenvalue weighted by Crippen LogP contribution is 2.49. The molecule has 2 aliphatic heterocycles. The number of alkyl halides is 3. The van der Waals surface area contributed by atoms with Gasteiger partial charge >= 0.3 is 12.2 Å². The molecule has 13 heteroatoms. The van der Waals surface area contributed by atoms with E-state index in [0.29, 0.717) is 11.0 Å². The fraction of sp³-hybridized carbons (Fsp3) is 0.167. The van der Waals surface area contributed by atoms with Crippen LogP contribution >= 0.6 is 23.2 Å². The van der Waals surface area contributed by atoms with Crippen molar-refractivity contribution in [3.05, 3.63) is 92.5 Å². The first-order chi connectivity index (χ1) is 17.3. The summed E-state index contributed by atoms with van der Waals surface area (Å²) in [6.45, 7) is -1.25. The van der Waals surface area contributed by atoms with E-state index in [2.05, 4.69) is 10.6 Å². The van der Waals surface area contributed by atoms with E-state index in [0.717, 1.165) is 24.3 Å². The Morgan fingerprint density at radius 2 is 1.76 bits per heavy atom. The lowest BCUT2D eigenvalue weighted by Crippen LogP contribution is -2.48. The third-order valence-electron chi connectivity index (χ3n) is 6.26. The average Bonchev–Trinajstić information content (AvgIpc) is 3.30. The van der Waals surface area contributed by atoms with Gasteiger partial charge in [0.1, 0.15) is 11.6 Å². The van der Waals surface area contributed by atoms with Crippen molar-refractivity contribution in [3.8, 4) is 0 Å². The lowest BCUT2D eigenvalue weighted by Gasteiger charge is -2.27. The van der Waals surface area contributed by atoms with Gasteiger partial charge in [0.2, 0.25) is 5.60 Å². The van der Waals surface area contributed by atoms with Gasteiger partial charge in [-0.1, -0.05) is 23.2 Å². The Labute approximate surface area is 215 Å². The van der Waals surface area contributed by atoms with Crippen molar-refractivity contribution in [1.29, 1.82) is 0 Å². The number of hydrogen-bond acceptors (Lipinski definition) is 3. The number of benzene rings is 3. The van der Waals surface area contributed by atoms with Crippen LogP contribution < -0.4 is 15.5 Å². The average molecular weight is 558 g/mol. The summed E-state index contributed by atoms with van der Waals surface area (Å²) in [4.78, 5) is 26.5. The van der Waals surface area contributed by atoms with Crippen LogP contribution in [0.2, 0.25) is 10.0 Å². The Hall–Kier alpha value is -3.41. The molecule has 2 atom stereocenters. The molecule has 2 heterocycles. The molecule has 3 aromatic rings. The predicted octanol–water partition coefficient (Wildman–Crippen LogP) is 5.91. The number of aliphatic hydroxyl groups is 1. The molecule has 0 spiro atoms. The van der Waals surface area contributed by atoms with Gasteiger partial charge in [0, 0.05) is 32.3 Å². The third-order valence-corrected chi connectivity index (χ3v) is 6.82. The van der Waals surface area contributed by atoms with E-state index >= 15 is 0 Å². The number of carbonyl (C=O) groups excluding carboxylic acids is 2. The fourth-order valence-corrected chi connectivity index (χ4v) is 5.00. The van der Waals surface area contributed by atoms with Crippen molar-refractivity contribution in [1.82, 2.24) is 5.32 Å². The van der Waals surface area contributed by atoms with Gasteiger partial charge in [0.25, 0.3) is 5.91 Å². The second-order valence-corrected chi connectivity index (χ2v) is 9.37. The molecule has 2 aliphatic rings. The minimum atomic E-state index is -5.22. The van der Waals surface area contributed by atoms with Crippen molar-refractivity contribution in [2.24, 2.45) is 0 Å². The van der Waals surface area contributed by atoms with Crippen LogP contribution in [-0.2, 0) is 5.60 Å². The molecule has 3 amide bonds. The van der Waals surface area contributed by atoms with Gasteiger partial charge < -0.3 is 15.7 Å². The van der Waals surface area contributed by atoms with E-state index in [9.17, 15) is 36.6 Å². The number of β-amino-alcohol motifs (C(OH)–C–C–N with tert-alkyl or cyclic N) is 1. The summed E-state index contributed by atoms with van der Waals surface area (Å²) >= 11 is 12.4. The highest BCUT2D eigenvalue weighted by Gasteiger charge is 2.61. The maximum absolute atomic E-state index is 14.0. The normalized spacial score (nSPS) is 20.5. The predicted molar refractivity (Wildman–Crippen MR) is 125 cm³/mol. The van der Waals surface area contributed by atoms with Crippen LogP contribution in [0.1, 0.15) is 33.1 Å². The number of hydrogen-bond donors (Lipinski definition) is 3. The third kappa shape index (κ3) is 4.07. The number of urea groups is 1. The molecule has 6 nitrogen and oxygen atoms in total. The molecule has 0 saturated heterocycles. The lowest BCUT2D eigenvalue weighted by molar-refractivity contribution is -0.258.